The number of ether oxygens (including phenoxy) is 1. The third-order valence-electron chi connectivity index (χ3n) is 5.53. The summed E-state index contributed by atoms with van der Waals surface area (Å²) < 4.78 is 58.0. The molecule has 2 aromatic rings. The summed E-state index contributed by atoms with van der Waals surface area (Å²) in [5, 5.41) is 2.82. The molecule has 0 aliphatic heterocycles. The highest BCUT2D eigenvalue weighted by Crippen LogP contribution is 2.22. The predicted molar refractivity (Wildman–Crippen MR) is 129 cm³/mol. The number of nitrogens with one attached hydrogen (secondary N) is 1. The average molecular weight is 512 g/mol. The lowest BCUT2D eigenvalue weighted by atomic mass is 10.1. The Kier molecular flexibility index (Phi) is 9.58. The topological polar surface area (TPSA) is 96.0 Å². The highest BCUT2D eigenvalue weighted by molar-refractivity contribution is 7.92. The van der Waals surface area contributed by atoms with Crippen LogP contribution >= 0.6 is 0 Å². The minimum absolute atomic E-state index is 0.0134. The van der Waals surface area contributed by atoms with Gasteiger partial charge in [-0.15, -0.1) is 0 Å². The molecule has 0 spiro atoms. The van der Waals surface area contributed by atoms with Gasteiger partial charge in [-0.25, -0.2) is 17.2 Å². The monoisotopic (exact) mass is 511 g/mol. The number of sulfonamides is 1. The first-order chi connectivity index (χ1) is 16.4. The molecule has 192 valence electrons. The summed E-state index contributed by atoms with van der Waals surface area (Å²) >= 11 is 0. The van der Waals surface area contributed by atoms with Crippen molar-refractivity contribution in [2.45, 2.75) is 45.8 Å². The van der Waals surface area contributed by atoms with Crippen molar-refractivity contribution in [1.82, 2.24) is 10.2 Å². The van der Waals surface area contributed by atoms with E-state index in [0.717, 1.165) is 18.4 Å². The van der Waals surface area contributed by atoms with E-state index in [1.807, 2.05) is 13.8 Å². The molecule has 0 aromatic heterocycles. The van der Waals surface area contributed by atoms with E-state index in [1.165, 1.54) is 18.9 Å². The Balaban J connectivity index is 2.42. The van der Waals surface area contributed by atoms with Crippen LogP contribution in [0.15, 0.2) is 42.5 Å². The van der Waals surface area contributed by atoms with Gasteiger partial charge in [-0.2, -0.15) is 0 Å². The van der Waals surface area contributed by atoms with E-state index in [1.54, 1.807) is 24.3 Å². The first-order valence-corrected chi connectivity index (χ1v) is 12.9. The number of hydrogen-bond acceptors (Lipinski definition) is 5. The number of halogens is 2. The van der Waals surface area contributed by atoms with Gasteiger partial charge >= 0.3 is 0 Å². The normalized spacial score (nSPS) is 13.0. The van der Waals surface area contributed by atoms with Crippen LogP contribution in [0.2, 0.25) is 0 Å². The zero-order valence-electron chi connectivity index (χ0n) is 20.4. The summed E-state index contributed by atoms with van der Waals surface area (Å²) in [6.07, 6.45) is 1.54. The predicted octanol–water partition coefficient (Wildman–Crippen LogP) is 3.07. The first kappa shape index (κ1) is 28.0. The average Bonchev–Trinajstić information content (AvgIpc) is 2.81. The standard InChI is InChI=1S/C24H31F2N3O5S/c1-6-16(2)27-24(31)17(3)28(14-18-8-7-9-20(12-18)34-4)23(30)15-29(35(5,32)33)19-10-11-21(25)22(26)13-19/h7-13,16-17H,6,14-15H2,1-5H3,(H,27,31)/t16-,17-/m0/s1. The maximum absolute atomic E-state index is 13.8. The van der Waals surface area contributed by atoms with Gasteiger partial charge in [0.25, 0.3) is 0 Å². The van der Waals surface area contributed by atoms with Crippen LogP contribution in [0.5, 0.6) is 5.75 Å². The van der Waals surface area contributed by atoms with E-state index in [0.29, 0.717) is 28.1 Å². The van der Waals surface area contributed by atoms with Gasteiger partial charge < -0.3 is 15.0 Å². The fourth-order valence-electron chi connectivity index (χ4n) is 3.27. The fraction of sp³-hybridized carbons (Fsp3) is 0.417. The van der Waals surface area contributed by atoms with Gasteiger partial charge in [-0.1, -0.05) is 19.1 Å². The van der Waals surface area contributed by atoms with Crippen LogP contribution in [0, 0.1) is 11.6 Å². The molecule has 2 aromatic carbocycles. The van der Waals surface area contributed by atoms with E-state index in [-0.39, 0.29) is 18.3 Å². The van der Waals surface area contributed by atoms with Crippen LogP contribution in [0.25, 0.3) is 0 Å². The van der Waals surface area contributed by atoms with Crippen LogP contribution in [0.3, 0.4) is 0 Å². The van der Waals surface area contributed by atoms with Crippen LogP contribution in [0.4, 0.5) is 14.5 Å². The Morgan fingerprint density at radius 2 is 1.77 bits per heavy atom. The molecule has 1 N–H and O–H groups in total. The number of nitrogens with zero attached hydrogens (tertiary/aromatic N) is 2. The Hall–Kier alpha value is -3.21. The molecule has 35 heavy (non-hydrogen) atoms. The highest BCUT2D eigenvalue weighted by atomic mass is 32.2. The zero-order chi connectivity index (χ0) is 26.3. The second-order valence-corrected chi connectivity index (χ2v) is 10.1. The van der Waals surface area contributed by atoms with Crippen LogP contribution in [-0.4, -0.2) is 57.1 Å². The molecule has 2 rings (SSSR count). The molecule has 8 nitrogen and oxygen atoms in total. The zero-order valence-corrected chi connectivity index (χ0v) is 21.2. The summed E-state index contributed by atoms with van der Waals surface area (Å²) in [6.45, 7) is 4.54. The van der Waals surface area contributed by atoms with Crippen LogP contribution in [-0.2, 0) is 26.2 Å². The van der Waals surface area contributed by atoms with Crippen molar-refractivity contribution in [3.63, 3.8) is 0 Å². The minimum atomic E-state index is -4.05. The summed E-state index contributed by atoms with van der Waals surface area (Å²) in [7, 11) is -2.56. The van der Waals surface area contributed by atoms with E-state index in [9.17, 15) is 26.8 Å². The van der Waals surface area contributed by atoms with Crippen molar-refractivity contribution in [3.8, 4) is 5.75 Å². The van der Waals surface area contributed by atoms with Crippen LogP contribution < -0.4 is 14.4 Å². The number of benzene rings is 2. The molecule has 0 aliphatic rings. The van der Waals surface area contributed by atoms with Gasteiger partial charge in [-0.3, -0.25) is 13.9 Å². The summed E-state index contributed by atoms with van der Waals surface area (Å²) in [5.74, 6) is -2.96. The van der Waals surface area contributed by atoms with Crippen molar-refractivity contribution in [2.75, 3.05) is 24.2 Å². The number of amides is 2. The van der Waals surface area contributed by atoms with Gasteiger partial charge in [0, 0.05) is 18.7 Å². The van der Waals surface area contributed by atoms with E-state index >= 15 is 0 Å². The second-order valence-electron chi connectivity index (χ2n) is 8.24. The van der Waals surface area contributed by atoms with Gasteiger partial charge in [0.15, 0.2) is 11.6 Å². The smallest absolute Gasteiger partial charge is 0.244 e. The van der Waals surface area contributed by atoms with Gasteiger partial charge in [-0.05, 0) is 50.1 Å². The summed E-state index contributed by atoms with van der Waals surface area (Å²) in [6, 6.07) is 8.36. The van der Waals surface area contributed by atoms with Crippen molar-refractivity contribution in [3.05, 3.63) is 59.7 Å². The summed E-state index contributed by atoms with van der Waals surface area (Å²) in [4.78, 5) is 27.5. The van der Waals surface area contributed by atoms with Gasteiger partial charge in [0.05, 0.1) is 19.1 Å². The number of hydrogen-bond donors (Lipinski definition) is 1. The lowest BCUT2D eigenvalue weighted by Crippen LogP contribution is -2.52. The molecule has 0 radical (unpaired) electrons. The Morgan fingerprint density at radius 3 is 2.34 bits per heavy atom. The number of carbonyl (C=O) groups excluding carboxylic acids is 2. The number of carbonyl (C=O) groups is 2. The molecule has 2 atom stereocenters. The Morgan fingerprint density at radius 1 is 1.09 bits per heavy atom. The largest absolute Gasteiger partial charge is 0.497 e. The summed E-state index contributed by atoms with van der Waals surface area (Å²) in [5.41, 5.74) is 0.442. The first-order valence-electron chi connectivity index (χ1n) is 11.0. The van der Waals surface area contributed by atoms with Gasteiger partial charge in [0.2, 0.25) is 21.8 Å². The molecule has 0 saturated heterocycles. The van der Waals surface area contributed by atoms with Crippen LogP contribution in [0.1, 0.15) is 32.8 Å². The highest BCUT2D eigenvalue weighted by Gasteiger charge is 2.30. The molecule has 0 fully saturated rings. The maximum atomic E-state index is 13.8. The quantitative estimate of drug-likeness (QED) is 0.500. The number of rotatable bonds is 11. The maximum Gasteiger partial charge on any atom is 0.244 e. The van der Waals surface area contributed by atoms with Gasteiger partial charge in [0.1, 0.15) is 18.3 Å². The van der Waals surface area contributed by atoms with Crippen molar-refractivity contribution in [1.29, 1.82) is 0 Å². The molecule has 0 unspecified atom stereocenters. The van der Waals surface area contributed by atoms with Crippen molar-refractivity contribution < 1.29 is 31.5 Å². The Labute approximate surface area is 204 Å². The SMILES string of the molecule is CC[C@H](C)NC(=O)[C@H](C)N(Cc1cccc(OC)c1)C(=O)CN(c1ccc(F)c(F)c1)S(C)(=O)=O. The van der Waals surface area contributed by atoms with E-state index < -0.39 is 46.1 Å². The third kappa shape index (κ3) is 7.64. The minimum Gasteiger partial charge on any atom is -0.497 e. The molecular formula is C24H31F2N3O5S. The third-order valence-corrected chi connectivity index (χ3v) is 6.67. The number of anilines is 1. The van der Waals surface area contributed by atoms with Crippen molar-refractivity contribution in [2.24, 2.45) is 0 Å². The van der Waals surface area contributed by atoms with E-state index in [4.69, 9.17) is 4.74 Å². The van der Waals surface area contributed by atoms with E-state index in [2.05, 4.69) is 5.32 Å². The molecule has 0 saturated carbocycles. The molecular weight excluding hydrogens is 480 g/mol. The van der Waals surface area contributed by atoms with Crippen molar-refractivity contribution >= 4 is 27.5 Å². The fourth-order valence-corrected chi connectivity index (χ4v) is 4.11. The number of methoxy groups -OCH3 is 1. The molecule has 0 bridgehead atoms. The Bertz CT molecular complexity index is 1160. The molecule has 11 heteroatoms. The molecule has 0 aliphatic carbocycles. The molecule has 2 amide bonds. The second kappa shape index (κ2) is 12.0. The lowest BCUT2D eigenvalue weighted by Gasteiger charge is -2.32. The lowest BCUT2D eigenvalue weighted by molar-refractivity contribution is -0.139. The molecule has 0 heterocycles.